The van der Waals surface area contributed by atoms with Gasteiger partial charge in [-0.3, -0.25) is 9.48 Å². The number of carbonyl (C=O) groups excluding carboxylic acids is 1. The summed E-state index contributed by atoms with van der Waals surface area (Å²) >= 11 is 0. The normalized spacial score (nSPS) is 12.0. The van der Waals surface area contributed by atoms with E-state index in [2.05, 4.69) is 5.10 Å². The van der Waals surface area contributed by atoms with Crippen LogP contribution in [0.2, 0.25) is 0 Å². The first-order valence-corrected chi connectivity index (χ1v) is 6.44. The Labute approximate surface area is 118 Å². The van der Waals surface area contributed by atoms with Gasteiger partial charge in [-0.25, -0.2) is 0 Å². The maximum atomic E-state index is 12.0. The molecule has 1 atom stereocenters. The molecule has 0 N–H and O–H groups in total. The summed E-state index contributed by atoms with van der Waals surface area (Å²) in [6.45, 7) is 1.82. The summed E-state index contributed by atoms with van der Waals surface area (Å²) in [6.07, 6.45) is 1.76. The van der Waals surface area contributed by atoms with E-state index in [0.717, 1.165) is 11.3 Å². The highest BCUT2D eigenvalue weighted by Gasteiger charge is 2.21. The molecular formula is C15H19N3O2. The fourth-order valence-corrected chi connectivity index (χ4v) is 2.01. The molecule has 0 aliphatic rings. The number of likely N-dealkylation sites (N-methyl/N-ethyl adjacent to an activating group) is 1. The number of benzene rings is 1. The highest BCUT2D eigenvalue weighted by atomic mass is 16.5. The summed E-state index contributed by atoms with van der Waals surface area (Å²) in [4.78, 5) is 13.6. The smallest absolute Gasteiger partial charge is 0.246 e. The van der Waals surface area contributed by atoms with Gasteiger partial charge in [0.05, 0.1) is 13.3 Å². The molecule has 2 aromatic rings. The molecule has 1 aromatic heterocycles. The van der Waals surface area contributed by atoms with E-state index in [1.165, 1.54) is 0 Å². The Hall–Kier alpha value is -2.30. The lowest BCUT2D eigenvalue weighted by Gasteiger charge is -2.16. The van der Waals surface area contributed by atoms with Crippen LogP contribution in [0.3, 0.4) is 0 Å². The molecule has 5 nitrogen and oxygen atoms in total. The molecular weight excluding hydrogens is 254 g/mol. The van der Waals surface area contributed by atoms with Crippen molar-refractivity contribution in [3.8, 4) is 17.0 Å². The van der Waals surface area contributed by atoms with Gasteiger partial charge in [-0.1, -0.05) is 30.3 Å². The summed E-state index contributed by atoms with van der Waals surface area (Å²) in [7, 11) is 5.07. The minimum absolute atomic E-state index is 0.00485. The van der Waals surface area contributed by atoms with Gasteiger partial charge in [0, 0.05) is 19.7 Å². The van der Waals surface area contributed by atoms with Crippen molar-refractivity contribution < 1.29 is 9.53 Å². The van der Waals surface area contributed by atoms with Crippen molar-refractivity contribution in [2.75, 3.05) is 21.2 Å². The standard InChI is InChI=1S/C15H19N3O2/c1-11(15(19)17(2)3)18-10-13(20-4)14(16-18)12-8-6-5-7-9-12/h5-11H,1-4H3. The average molecular weight is 273 g/mol. The second kappa shape index (κ2) is 5.77. The third-order valence-corrected chi connectivity index (χ3v) is 3.16. The Kier molecular flexibility index (Phi) is 4.08. The number of methoxy groups -OCH3 is 1. The number of nitrogens with zero attached hydrogens (tertiary/aromatic N) is 3. The van der Waals surface area contributed by atoms with Crippen LogP contribution in [-0.2, 0) is 4.79 Å². The number of rotatable bonds is 4. The van der Waals surface area contributed by atoms with E-state index in [4.69, 9.17) is 4.74 Å². The Morgan fingerprint density at radius 2 is 1.95 bits per heavy atom. The van der Waals surface area contributed by atoms with Crippen molar-refractivity contribution in [2.45, 2.75) is 13.0 Å². The second-order valence-corrected chi connectivity index (χ2v) is 4.80. The SMILES string of the molecule is COc1cn(C(C)C(=O)N(C)C)nc1-c1ccccc1. The van der Waals surface area contributed by atoms with Gasteiger partial charge in [0.25, 0.3) is 0 Å². The highest BCUT2D eigenvalue weighted by molar-refractivity contribution is 5.79. The quantitative estimate of drug-likeness (QED) is 0.858. The molecule has 5 heteroatoms. The Balaban J connectivity index is 2.39. The highest BCUT2D eigenvalue weighted by Crippen LogP contribution is 2.29. The molecule has 0 saturated carbocycles. The fraction of sp³-hybridized carbons (Fsp3) is 0.333. The molecule has 1 amide bonds. The first-order valence-electron chi connectivity index (χ1n) is 6.44. The molecule has 106 valence electrons. The van der Waals surface area contributed by atoms with Crippen LogP contribution in [0.25, 0.3) is 11.3 Å². The van der Waals surface area contributed by atoms with Crippen molar-refractivity contribution in [3.63, 3.8) is 0 Å². The second-order valence-electron chi connectivity index (χ2n) is 4.80. The minimum Gasteiger partial charge on any atom is -0.493 e. The molecule has 0 saturated heterocycles. The zero-order chi connectivity index (χ0) is 14.7. The van der Waals surface area contributed by atoms with Crippen LogP contribution < -0.4 is 4.74 Å². The lowest BCUT2D eigenvalue weighted by Crippen LogP contribution is -2.30. The minimum atomic E-state index is -0.364. The number of aromatic nitrogens is 2. The zero-order valence-corrected chi connectivity index (χ0v) is 12.2. The van der Waals surface area contributed by atoms with Gasteiger partial charge in [0.1, 0.15) is 11.7 Å². The first kappa shape index (κ1) is 14.1. The molecule has 2 rings (SSSR count). The van der Waals surface area contributed by atoms with E-state index in [1.54, 1.807) is 37.0 Å². The van der Waals surface area contributed by atoms with E-state index in [1.807, 2.05) is 37.3 Å². The molecule has 0 radical (unpaired) electrons. The predicted molar refractivity (Wildman–Crippen MR) is 77.6 cm³/mol. The third-order valence-electron chi connectivity index (χ3n) is 3.16. The molecule has 0 bridgehead atoms. The molecule has 1 heterocycles. The molecule has 20 heavy (non-hydrogen) atoms. The average Bonchev–Trinajstić information content (AvgIpc) is 2.90. The van der Waals surface area contributed by atoms with E-state index in [0.29, 0.717) is 5.75 Å². The first-order chi connectivity index (χ1) is 9.54. The molecule has 0 fully saturated rings. The molecule has 0 aliphatic heterocycles. The van der Waals surface area contributed by atoms with Gasteiger partial charge < -0.3 is 9.64 Å². The maximum absolute atomic E-state index is 12.0. The number of hydrogen-bond acceptors (Lipinski definition) is 3. The molecule has 0 spiro atoms. The van der Waals surface area contributed by atoms with Crippen LogP contribution in [0.5, 0.6) is 5.75 Å². The van der Waals surface area contributed by atoms with Crippen LogP contribution in [0.1, 0.15) is 13.0 Å². The summed E-state index contributed by atoms with van der Waals surface area (Å²) in [5.41, 5.74) is 1.71. The summed E-state index contributed by atoms with van der Waals surface area (Å²) in [6, 6.07) is 9.41. The maximum Gasteiger partial charge on any atom is 0.246 e. The number of carbonyl (C=O) groups is 1. The van der Waals surface area contributed by atoms with E-state index in [9.17, 15) is 4.79 Å². The number of ether oxygens (including phenoxy) is 1. The summed E-state index contributed by atoms with van der Waals surface area (Å²) in [5, 5.41) is 4.50. The lowest BCUT2D eigenvalue weighted by molar-refractivity contribution is -0.131. The Morgan fingerprint density at radius 1 is 1.30 bits per heavy atom. The molecule has 1 aromatic carbocycles. The van der Waals surface area contributed by atoms with Crippen LogP contribution in [0, 0.1) is 0 Å². The van der Waals surface area contributed by atoms with E-state index >= 15 is 0 Å². The van der Waals surface area contributed by atoms with Gasteiger partial charge in [-0.05, 0) is 6.92 Å². The van der Waals surface area contributed by atoms with Gasteiger partial charge >= 0.3 is 0 Å². The van der Waals surface area contributed by atoms with E-state index in [-0.39, 0.29) is 11.9 Å². The van der Waals surface area contributed by atoms with Crippen LogP contribution in [-0.4, -0.2) is 41.8 Å². The largest absolute Gasteiger partial charge is 0.493 e. The van der Waals surface area contributed by atoms with Crippen molar-refractivity contribution in [3.05, 3.63) is 36.5 Å². The summed E-state index contributed by atoms with van der Waals surface area (Å²) in [5.74, 6) is 0.657. The van der Waals surface area contributed by atoms with Gasteiger partial charge in [0.15, 0.2) is 5.75 Å². The van der Waals surface area contributed by atoms with Crippen LogP contribution >= 0.6 is 0 Å². The monoisotopic (exact) mass is 273 g/mol. The van der Waals surface area contributed by atoms with Gasteiger partial charge in [-0.15, -0.1) is 0 Å². The topological polar surface area (TPSA) is 47.4 Å². The predicted octanol–water partition coefficient (Wildman–Crippen LogP) is 2.21. The number of amides is 1. The zero-order valence-electron chi connectivity index (χ0n) is 12.2. The van der Waals surface area contributed by atoms with Crippen molar-refractivity contribution in [1.82, 2.24) is 14.7 Å². The van der Waals surface area contributed by atoms with Crippen molar-refractivity contribution in [2.24, 2.45) is 0 Å². The van der Waals surface area contributed by atoms with Crippen LogP contribution in [0.15, 0.2) is 36.5 Å². The van der Waals surface area contributed by atoms with Gasteiger partial charge in [0.2, 0.25) is 5.91 Å². The Bertz CT molecular complexity index is 590. The molecule has 0 aliphatic carbocycles. The van der Waals surface area contributed by atoms with E-state index < -0.39 is 0 Å². The fourth-order valence-electron chi connectivity index (χ4n) is 2.01. The van der Waals surface area contributed by atoms with Gasteiger partial charge in [-0.2, -0.15) is 5.10 Å². The lowest BCUT2D eigenvalue weighted by atomic mass is 10.1. The van der Waals surface area contributed by atoms with Crippen LogP contribution in [0.4, 0.5) is 0 Å². The third kappa shape index (κ3) is 2.66. The molecule has 1 unspecified atom stereocenters. The van der Waals surface area contributed by atoms with Crippen molar-refractivity contribution >= 4 is 5.91 Å². The summed E-state index contributed by atoms with van der Waals surface area (Å²) < 4.78 is 7.00. The Morgan fingerprint density at radius 3 is 2.50 bits per heavy atom. The van der Waals surface area contributed by atoms with Crippen molar-refractivity contribution in [1.29, 1.82) is 0 Å². The number of hydrogen-bond donors (Lipinski definition) is 0.